The van der Waals surface area contributed by atoms with E-state index in [0.717, 1.165) is 12.1 Å². The average Bonchev–Trinajstić information content (AvgIpc) is 2.15. The van der Waals surface area contributed by atoms with E-state index in [2.05, 4.69) is 0 Å². The third-order valence-electron chi connectivity index (χ3n) is 2.00. The van der Waals surface area contributed by atoms with E-state index in [4.69, 9.17) is 5.11 Å². The van der Waals surface area contributed by atoms with Crippen LogP contribution in [0.2, 0.25) is 0 Å². The Balaban J connectivity index is 3.09. The van der Waals surface area contributed by atoms with Gasteiger partial charge in [0.15, 0.2) is 0 Å². The number of nitro groups is 1. The van der Waals surface area contributed by atoms with Gasteiger partial charge < -0.3 is 5.11 Å². The van der Waals surface area contributed by atoms with Crippen LogP contribution in [0.1, 0.15) is 17.2 Å². The van der Waals surface area contributed by atoms with E-state index in [0.29, 0.717) is 12.1 Å². The Hall–Kier alpha value is -2.12. The molecule has 1 N–H and O–H groups in total. The van der Waals surface area contributed by atoms with Gasteiger partial charge in [-0.15, -0.1) is 0 Å². The number of hydrogen-bond donors (Lipinski definition) is 1. The molecule has 92 valence electrons. The van der Waals surface area contributed by atoms with E-state index < -0.39 is 28.7 Å². The van der Waals surface area contributed by atoms with Crippen LogP contribution in [0.3, 0.4) is 0 Å². The lowest BCUT2D eigenvalue weighted by Crippen LogP contribution is -2.20. The van der Waals surface area contributed by atoms with Crippen molar-refractivity contribution in [3.8, 4) is 0 Å². The molecule has 0 aliphatic heterocycles. The second-order valence-corrected chi connectivity index (χ2v) is 3.15. The Labute approximate surface area is 92.6 Å². The van der Waals surface area contributed by atoms with Crippen molar-refractivity contribution < 1.29 is 28.0 Å². The average molecular weight is 249 g/mol. The molecule has 5 nitrogen and oxygen atoms in total. The second kappa shape index (κ2) is 4.40. The first kappa shape index (κ1) is 12.9. The molecule has 1 aromatic rings. The van der Waals surface area contributed by atoms with Crippen molar-refractivity contribution in [2.45, 2.75) is 12.2 Å². The van der Waals surface area contributed by atoms with Gasteiger partial charge >= 0.3 is 18.2 Å². The van der Waals surface area contributed by atoms with E-state index in [1.165, 1.54) is 0 Å². The first-order valence-electron chi connectivity index (χ1n) is 4.27. The topological polar surface area (TPSA) is 80.4 Å². The van der Waals surface area contributed by atoms with Gasteiger partial charge in [-0.05, 0) is 12.1 Å². The van der Waals surface area contributed by atoms with E-state index in [-0.39, 0.29) is 5.56 Å². The van der Waals surface area contributed by atoms with Gasteiger partial charge in [0.2, 0.25) is 0 Å². The van der Waals surface area contributed by atoms with Gasteiger partial charge in [-0.3, -0.25) is 10.1 Å². The van der Waals surface area contributed by atoms with Crippen molar-refractivity contribution >= 4 is 5.97 Å². The maximum Gasteiger partial charge on any atom is 0.416 e. The smallest absolute Gasteiger partial charge is 0.416 e. The van der Waals surface area contributed by atoms with Crippen LogP contribution in [-0.2, 0) is 11.0 Å². The first-order chi connectivity index (χ1) is 7.73. The molecule has 0 fully saturated rings. The van der Waals surface area contributed by atoms with E-state index in [1.807, 2.05) is 0 Å². The van der Waals surface area contributed by atoms with Gasteiger partial charge in [0.25, 0.3) is 0 Å². The minimum Gasteiger partial charge on any atom is -0.476 e. The lowest BCUT2D eigenvalue weighted by Gasteiger charge is -2.08. The predicted molar refractivity (Wildman–Crippen MR) is 48.8 cm³/mol. The minimum absolute atomic E-state index is 0.310. The molecule has 1 unspecified atom stereocenters. The maximum absolute atomic E-state index is 12.2. The van der Waals surface area contributed by atoms with Crippen LogP contribution in [-0.4, -0.2) is 16.0 Å². The van der Waals surface area contributed by atoms with Gasteiger partial charge in [-0.2, -0.15) is 13.2 Å². The zero-order valence-corrected chi connectivity index (χ0v) is 8.14. The summed E-state index contributed by atoms with van der Waals surface area (Å²) in [5, 5.41) is 19.0. The highest BCUT2D eigenvalue weighted by Crippen LogP contribution is 2.30. The third kappa shape index (κ3) is 2.92. The molecule has 0 radical (unpaired) electrons. The lowest BCUT2D eigenvalue weighted by atomic mass is 10.1. The Morgan fingerprint density at radius 3 is 2.06 bits per heavy atom. The number of aliphatic carboxylic acids is 1. The summed E-state index contributed by atoms with van der Waals surface area (Å²) in [6.07, 6.45) is -4.56. The molecule has 0 heterocycles. The highest BCUT2D eigenvalue weighted by atomic mass is 19.4. The normalized spacial score (nSPS) is 13.1. The summed E-state index contributed by atoms with van der Waals surface area (Å²) in [7, 11) is 0. The number of nitrogens with zero attached hydrogens (tertiary/aromatic N) is 1. The second-order valence-electron chi connectivity index (χ2n) is 3.15. The van der Waals surface area contributed by atoms with Crippen LogP contribution in [0.4, 0.5) is 13.2 Å². The Morgan fingerprint density at radius 2 is 1.76 bits per heavy atom. The molecule has 0 aromatic heterocycles. The van der Waals surface area contributed by atoms with Gasteiger partial charge in [-0.1, -0.05) is 12.1 Å². The van der Waals surface area contributed by atoms with Crippen molar-refractivity contribution in [3.05, 3.63) is 45.5 Å². The fourth-order valence-corrected chi connectivity index (χ4v) is 1.21. The Kier molecular flexibility index (Phi) is 3.35. The molecule has 0 amide bonds. The largest absolute Gasteiger partial charge is 0.476 e. The van der Waals surface area contributed by atoms with Crippen LogP contribution in [0, 0.1) is 10.1 Å². The summed E-state index contributed by atoms with van der Waals surface area (Å²) in [5.74, 6) is -1.73. The van der Waals surface area contributed by atoms with Gasteiger partial charge in [0.1, 0.15) is 0 Å². The standard InChI is InChI=1S/C9H6F3NO4/c10-9(11,12)6-3-1-5(2-4-6)7(8(14)15)13(16)17/h1-4,7H,(H,14,15). The van der Waals surface area contributed by atoms with Crippen LogP contribution >= 0.6 is 0 Å². The first-order valence-corrected chi connectivity index (χ1v) is 4.27. The highest BCUT2D eigenvalue weighted by molar-refractivity contribution is 5.74. The van der Waals surface area contributed by atoms with Crippen molar-refractivity contribution in [2.24, 2.45) is 0 Å². The summed E-state index contributed by atoms with van der Waals surface area (Å²) >= 11 is 0. The molecule has 17 heavy (non-hydrogen) atoms. The number of hydrogen-bond acceptors (Lipinski definition) is 3. The van der Waals surface area contributed by atoms with E-state index in [9.17, 15) is 28.1 Å². The number of halogens is 3. The lowest BCUT2D eigenvalue weighted by molar-refractivity contribution is -0.516. The van der Waals surface area contributed by atoms with Crippen molar-refractivity contribution in [2.75, 3.05) is 0 Å². The molecule has 1 atom stereocenters. The van der Waals surface area contributed by atoms with E-state index in [1.54, 1.807) is 0 Å². The van der Waals surface area contributed by atoms with Gasteiger partial charge in [0.05, 0.1) is 5.56 Å². The molecule has 0 saturated carbocycles. The van der Waals surface area contributed by atoms with Crippen molar-refractivity contribution in [1.82, 2.24) is 0 Å². The molecule has 0 spiro atoms. The number of carboxylic acid groups (broad SMARTS) is 1. The van der Waals surface area contributed by atoms with Crippen LogP contribution in [0.5, 0.6) is 0 Å². The summed E-state index contributed by atoms with van der Waals surface area (Å²) in [6.45, 7) is 0. The quantitative estimate of drug-likeness (QED) is 0.657. The number of carbonyl (C=O) groups is 1. The van der Waals surface area contributed by atoms with Gasteiger partial charge in [-0.25, -0.2) is 4.79 Å². The molecular weight excluding hydrogens is 243 g/mol. The summed E-state index contributed by atoms with van der Waals surface area (Å²) < 4.78 is 36.6. The zero-order valence-electron chi connectivity index (χ0n) is 8.14. The zero-order chi connectivity index (χ0) is 13.2. The van der Waals surface area contributed by atoms with Crippen LogP contribution in [0.15, 0.2) is 24.3 Å². The minimum atomic E-state index is -4.56. The highest BCUT2D eigenvalue weighted by Gasteiger charge is 2.34. The molecule has 1 aromatic carbocycles. The number of alkyl halides is 3. The molecular formula is C9H6F3NO4. The fourth-order valence-electron chi connectivity index (χ4n) is 1.21. The summed E-state index contributed by atoms with van der Waals surface area (Å²) in [4.78, 5) is 19.9. The number of benzene rings is 1. The molecule has 0 saturated heterocycles. The van der Waals surface area contributed by atoms with Crippen LogP contribution in [0.25, 0.3) is 0 Å². The van der Waals surface area contributed by atoms with Crippen molar-refractivity contribution in [1.29, 1.82) is 0 Å². The monoisotopic (exact) mass is 249 g/mol. The summed E-state index contributed by atoms with van der Waals surface area (Å²) in [5.41, 5.74) is -1.30. The third-order valence-corrected chi connectivity index (χ3v) is 2.00. The summed E-state index contributed by atoms with van der Waals surface area (Å²) in [6, 6.07) is 0.718. The Bertz CT molecular complexity index is 427. The maximum atomic E-state index is 12.2. The predicted octanol–water partition coefficient (Wildman–Crippen LogP) is 2.11. The van der Waals surface area contributed by atoms with Gasteiger partial charge in [0, 0.05) is 10.5 Å². The Morgan fingerprint density at radius 1 is 1.29 bits per heavy atom. The van der Waals surface area contributed by atoms with Crippen molar-refractivity contribution in [3.63, 3.8) is 0 Å². The molecule has 8 heteroatoms. The number of carboxylic acids is 1. The van der Waals surface area contributed by atoms with E-state index >= 15 is 0 Å². The van der Waals surface area contributed by atoms with Crippen LogP contribution < -0.4 is 0 Å². The molecule has 0 aliphatic rings. The fraction of sp³-hybridized carbons (Fsp3) is 0.222. The molecule has 0 aliphatic carbocycles. The SMILES string of the molecule is O=C(O)C(c1ccc(C(F)(F)F)cc1)[N+](=O)[O-]. The molecule has 0 bridgehead atoms. The number of rotatable bonds is 3. The molecule has 1 rings (SSSR count).